The molecule has 10 rings (SSSR count). The topological polar surface area (TPSA) is 103 Å². The summed E-state index contributed by atoms with van der Waals surface area (Å²) in [5.74, 6) is 0. The van der Waals surface area contributed by atoms with Crippen molar-refractivity contribution in [3.8, 4) is 33.8 Å². The van der Waals surface area contributed by atoms with Gasteiger partial charge in [0, 0.05) is 69.2 Å². The van der Waals surface area contributed by atoms with E-state index in [-0.39, 0.29) is 0 Å². The first-order valence-electron chi connectivity index (χ1n) is 15.6. The Morgan fingerprint density at radius 3 is 1.23 bits per heavy atom. The van der Waals surface area contributed by atoms with Gasteiger partial charge in [-0.3, -0.25) is 24.9 Å². The zero-order chi connectivity index (χ0) is 31.6. The lowest BCUT2D eigenvalue weighted by atomic mass is 10.0. The SMILES string of the molecule is c1cnc2c(c1)ccc1ccc(-c3ccnc4c(-c5ccc6ccc7ccc(-c8ccnc9cccnc89)nc7c6n5)ccnc34)nc12. The molecular formula is C40H22N8. The van der Waals surface area contributed by atoms with Gasteiger partial charge >= 0.3 is 0 Å². The molecule has 0 aliphatic heterocycles. The molecule has 0 amide bonds. The molecule has 0 saturated carbocycles. The van der Waals surface area contributed by atoms with Gasteiger partial charge in [0.25, 0.3) is 0 Å². The van der Waals surface area contributed by atoms with Crippen molar-refractivity contribution in [1.82, 2.24) is 39.9 Å². The quantitative estimate of drug-likeness (QED) is 0.182. The molecule has 0 unspecified atom stereocenters. The lowest BCUT2D eigenvalue weighted by Gasteiger charge is -2.11. The number of nitrogens with zero attached hydrogens (tertiary/aromatic N) is 8. The molecule has 0 bridgehead atoms. The molecular weight excluding hydrogens is 592 g/mol. The summed E-state index contributed by atoms with van der Waals surface area (Å²) in [6, 6.07) is 34.5. The van der Waals surface area contributed by atoms with Crippen molar-refractivity contribution < 1.29 is 0 Å². The van der Waals surface area contributed by atoms with Gasteiger partial charge in [0.05, 0.1) is 61.2 Å². The molecule has 0 aliphatic rings. The van der Waals surface area contributed by atoms with Crippen molar-refractivity contribution in [2.75, 3.05) is 0 Å². The molecule has 10 aromatic rings. The van der Waals surface area contributed by atoms with Crippen LogP contribution in [0.5, 0.6) is 0 Å². The molecule has 8 heterocycles. The third-order valence-electron chi connectivity index (χ3n) is 8.90. The third-order valence-corrected chi connectivity index (χ3v) is 8.90. The number of rotatable bonds is 3. The van der Waals surface area contributed by atoms with Gasteiger partial charge in [-0.2, -0.15) is 0 Å². The van der Waals surface area contributed by atoms with Gasteiger partial charge in [0.1, 0.15) is 0 Å². The summed E-state index contributed by atoms with van der Waals surface area (Å²) in [7, 11) is 0. The van der Waals surface area contributed by atoms with Crippen LogP contribution in [0, 0.1) is 0 Å². The number of hydrogen-bond donors (Lipinski definition) is 0. The Bertz CT molecular complexity index is 2920. The average molecular weight is 615 g/mol. The lowest BCUT2D eigenvalue weighted by molar-refractivity contribution is 1.30. The highest BCUT2D eigenvalue weighted by Gasteiger charge is 2.16. The maximum Gasteiger partial charge on any atom is 0.0987 e. The van der Waals surface area contributed by atoms with Crippen LogP contribution in [0.4, 0.5) is 0 Å². The molecule has 2 aromatic carbocycles. The van der Waals surface area contributed by atoms with E-state index in [1.165, 1.54) is 0 Å². The van der Waals surface area contributed by atoms with Crippen molar-refractivity contribution in [3.05, 3.63) is 134 Å². The molecule has 0 N–H and O–H groups in total. The Morgan fingerprint density at radius 2 is 0.667 bits per heavy atom. The average Bonchev–Trinajstić information content (AvgIpc) is 3.16. The lowest BCUT2D eigenvalue weighted by Crippen LogP contribution is -1.95. The summed E-state index contributed by atoms with van der Waals surface area (Å²) in [5, 5.41) is 4.10. The monoisotopic (exact) mass is 614 g/mol. The Kier molecular flexibility index (Phi) is 5.71. The van der Waals surface area contributed by atoms with E-state index in [0.717, 1.165) is 99.5 Å². The van der Waals surface area contributed by atoms with Gasteiger partial charge in [-0.25, -0.2) is 15.0 Å². The molecule has 222 valence electrons. The molecule has 0 radical (unpaired) electrons. The number of fused-ring (bicyclic) bond motifs is 8. The molecule has 48 heavy (non-hydrogen) atoms. The summed E-state index contributed by atoms with van der Waals surface area (Å²) >= 11 is 0. The minimum Gasteiger partial charge on any atom is -0.255 e. The van der Waals surface area contributed by atoms with E-state index in [1.807, 2.05) is 67.0 Å². The number of aromatic nitrogens is 8. The summed E-state index contributed by atoms with van der Waals surface area (Å²) in [4.78, 5) is 38.8. The van der Waals surface area contributed by atoms with Crippen molar-refractivity contribution in [3.63, 3.8) is 0 Å². The molecule has 0 fully saturated rings. The zero-order valence-electron chi connectivity index (χ0n) is 25.3. The molecule has 8 heteroatoms. The highest BCUT2D eigenvalue weighted by molar-refractivity contribution is 6.07. The molecule has 0 aliphatic carbocycles. The molecule has 0 atom stereocenters. The Labute approximate surface area is 272 Å². The van der Waals surface area contributed by atoms with Crippen LogP contribution in [0.25, 0.3) is 99.5 Å². The van der Waals surface area contributed by atoms with Crippen molar-refractivity contribution in [2.24, 2.45) is 0 Å². The largest absolute Gasteiger partial charge is 0.255 e. The fraction of sp³-hybridized carbons (Fsp3) is 0. The van der Waals surface area contributed by atoms with E-state index in [9.17, 15) is 0 Å². The van der Waals surface area contributed by atoms with Crippen molar-refractivity contribution in [2.45, 2.75) is 0 Å². The van der Waals surface area contributed by atoms with Crippen LogP contribution in [0.15, 0.2) is 134 Å². The first-order chi connectivity index (χ1) is 23.8. The minimum atomic E-state index is 0.753. The number of hydrogen-bond acceptors (Lipinski definition) is 8. The Morgan fingerprint density at radius 1 is 0.271 bits per heavy atom. The first-order valence-corrected chi connectivity index (χ1v) is 15.6. The van der Waals surface area contributed by atoms with E-state index in [4.69, 9.17) is 24.9 Å². The van der Waals surface area contributed by atoms with Crippen LogP contribution in [-0.4, -0.2) is 39.9 Å². The van der Waals surface area contributed by atoms with Crippen LogP contribution in [0.1, 0.15) is 0 Å². The van der Waals surface area contributed by atoms with Gasteiger partial charge < -0.3 is 0 Å². The highest BCUT2D eigenvalue weighted by atomic mass is 14.8. The van der Waals surface area contributed by atoms with Crippen LogP contribution in [0.2, 0.25) is 0 Å². The predicted octanol–water partition coefficient (Wildman–Crippen LogP) is 8.77. The van der Waals surface area contributed by atoms with Gasteiger partial charge in [0.15, 0.2) is 0 Å². The second-order valence-electron chi connectivity index (χ2n) is 11.7. The van der Waals surface area contributed by atoms with E-state index in [2.05, 4.69) is 63.5 Å². The van der Waals surface area contributed by atoms with Gasteiger partial charge in [-0.15, -0.1) is 0 Å². The van der Waals surface area contributed by atoms with Crippen molar-refractivity contribution in [1.29, 1.82) is 0 Å². The Balaban J connectivity index is 1.14. The Hall–Kier alpha value is -6.80. The number of pyridine rings is 8. The maximum absolute atomic E-state index is 5.22. The van der Waals surface area contributed by atoms with E-state index < -0.39 is 0 Å². The predicted molar refractivity (Wildman–Crippen MR) is 190 cm³/mol. The summed E-state index contributed by atoms with van der Waals surface area (Å²) in [5.41, 5.74) is 11.7. The summed E-state index contributed by atoms with van der Waals surface area (Å²) < 4.78 is 0. The normalized spacial score (nSPS) is 11.8. The van der Waals surface area contributed by atoms with Crippen LogP contribution >= 0.6 is 0 Å². The standard InChI is InChI=1S/C40H22N8/c1-3-23-5-6-24-9-13-31(46-35(24)34(23)42-18-1)28-16-21-45-40-29(17-22-44-39(28)40)32-14-11-26-8-7-25-10-12-30(47-36(25)37(26)48-32)27-15-20-41-33-4-2-19-43-38(27)33/h1-22H. The molecule has 8 aromatic heterocycles. The highest BCUT2D eigenvalue weighted by Crippen LogP contribution is 2.35. The first kappa shape index (κ1) is 26.4. The van der Waals surface area contributed by atoms with Crippen LogP contribution < -0.4 is 0 Å². The smallest absolute Gasteiger partial charge is 0.0987 e. The number of benzene rings is 2. The van der Waals surface area contributed by atoms with Crippen molar-refractivity contribution >= 4 is 65.7 Å². The second-order valence-corrected chi connectivity index (χ2v) is 11.7. The molecule has 0 saturated heterocycles. The fourth-order valence-electron chi connectivity index (χ4n) is 6.59. The minimum absolute atomic E-state index is 0.753. The summed E-state index contributed by atoms with van der Waals surface area (Å²) in [6.45, 7) is 0. The fourth-order valence-corrected chi connectivity index (χ4v) is 6.59. The van der Waals surface area contributed by atoms with Crippen LogP contribution in [0.3, 0.4) is 0 Å². The second kappa shape index (κ2) is 10.4. The van der Waals surface area contributed by atoms with Gasteiger partial charge in [0.2, 0.25) is 0 Å². The zero-order valence-corrected chi connectivity index (χ0v) is 25.3. The van der Waals surface area contributed by atoms with E-state index in [0.29, 0.717) is 0 Å². The van der Waals surface area contributed by atoms with Gasteiger partial charge in [-0.1, -0.05) is 48.5 Å². The van der Waals surface area contributed by atoms with E-state index >= 15 is 0 Å². The molecule has 8 nitrogen and oxygen atoms in total. The van der Waals surface area contributed by atoms with E-state index in [1.54, 1.807) is 18.6 Å². The maximum atomic E-state index is 5.22. The molecule has 0 spiro atoms. The van der Waals surface area contributed by atoms with Gasteiger partial charge in [-0.05, 0) is 54.6 Å². The summed E-state index contributed by atoms with van der Waals surface area (Å²) in [6.07, 6.45) is 9.01. The van der Waals surface area contributed by atoms with Crippen LogP contribution in [-0.2, 0) is 0 Å². The third kappa shape index (κ3) is 4.09.